The number of carbonyl (C=O) groups excluding carboxylic acids is 2. The summed E-state index contributed by atoms with van der Waals surface area (Å²) in [5.41, 5.74) is -0.621. The Hall–Kier alpha value is -1.10. The monoisotopic (exact) mass is 280 g/mol. The van der Waals surface area contributed by atoms with Crippen LogP contribution in [0.4, 0.5) is 0 Å². The molecule has 0 aromatic carbocycles. The van der Waals surface area contributed by atoms with E-state index in [1.54, 1.807) is 7.11 Å². The first-order valence-electron chi connectivity index (χ1n) is 7.73. The zero-order chi connectivity index (χ0) is 14.3. The molecule has 3 fully saturated rings. The summed E-state index contributed by atoms with van der Waals surface area (Å²) < 4.78 is 5.21. The van der Waals surface area contributed by atoms with Gasteiger partial charge in [0.25, 0.3) is 0 Å². The standard InChI is InChI=1S/C15H24N2O3/c1-10(9-20-2)17-12(11-5-6-11)13(18)16-15(14(17)19)7-3-4-8-15/h10-12H,3-9H2,1-2H3,(H,16,18). The molecule has 1 aliphatic heterocycles. The highest BCUT2D eigenvalue weighted by molar-refractivity contribution is 6.00. The minimum atomic E-state index is -0.621. The van der Waals surface area contributed by atoms with Crippen molar-refractivity contribution < 1.29 is 14.3 Å². The second-order valence-electron chi connectivity index (χ2n) is 6.58. The molecule has 0 aromatic rings. The van der Waals surface area contributed by atoms with Crippen molar-refractivity contribution in [1.29, 1.82) is 0 Å². The van der Waals surface area contributed by atoms with E-state index in [-0.39, 0.29) is 23.9 Å². The molecule has 2 saturated carbocycles. The van der Waals surface area contributed by atoms with Crippen LogP contribution in [0.5, 0.6) is 0 Å². The van der Waals surface area contributed by atoms with E-state index in [2.05, 4.69) is 5.32 Å². The minimum absolute atomic E-state index is 0.0402. The van der Waals surface area contributed by atoms with Gasteiger partial charge in [-0.1, -0.05) is 12.8 Å². The Kier molecular flexibility index (Phi) is 3.48. The Labute approximate surface area is 120 Å². The van der Waals surface area contributed by atoms with Crippen LogP contribution in [0.25, 0.3) is 0 Å². The van der Waals surface area contributed by atoms with Gasteiger partial charge in [0.2, 0.25) is 11.8 Å². The minimum Gasteiger partial charge on any atom is -0.383 e. The molecule has 1 saturated heterocycles. The molecule has 20 heavy (non-hydrogen) atoms. The molecule has 3 rings (SSSR count). The smallest absolute Gasteiger partial charge is 0.249 e. The van der Waals surface area contributed by atoms with E-state index < -0.39 is 5.54 Å². The first-order chi connectivity index (χ1) is 9.59. The number of amides is 2. The van der Waals surface area contributed by atoms with Crippen LogP contribution in [0.15, 0.2) is 0 Å². The summed E-state index contributed by atoms with van der Waals surface area (Å²) in [7, 11) is 1.64. The fraction of sp³-hybridized carbons (Fsp3) is 0.867. The highest BCUT2D eigenvalue weighted by atomic mass is 16.5. The largest absolute Gasteiger partial charge is 0.383 e. The molecule has 5 heteroatoms. The van der Waals surface area contributed by atoms with Crippen LogP contribution in [0, 0.1) is 5.92 Å². The lowest BCUT2D eigenvalue weighted by molar-refractivity contribution is -0.159. The van der Waals surface area contributed by atoms with Crippen LogP contribution in [0.3, 0.4) is 0 Å². The predicted octanol–water partition coefficient (Wildman–Crippen LogP) is 1.07. The van der Waals surface area contributed by atoms with Crippen LogP contribution in [-0.2, 0) is 14.3 Å². The van der Waals surface area contributed by atoms with E-state index in [0.29, 0.717) is 12.5 Å². The number of carbonyl (C=O) groups is 2. The average Bonchev–Trinajstić information content (AvgIpc) is 3.13. The molecule has 2 unspecified atom stereocenters. The number of rotatable bonds is 4. The SMILES string of the molecule is COCC(C)N1C(=O)C2(CCCC2)NC(=O)C1C1CC1. The molecule has 1 N–H and O–H groups in total. The third-order valence-electron chi connectivity index (χ3n) is 4.98. The molecule has 3 aliphatic rings. The lowest BCUT2D eigenvalue weighted by Crippen LogP contribution is -2.71. The molecule has 0 bridgehead atoms. The van der Waals surface area contributed by atoms with Gasteiger partial charge in [0.15, 0.2) is 0 Å². The van der Waals surface area contributed by atoms with Crippen LogP contribution >= 0.6 is 0 Å². The van der Waals surface area contributed by atoms with Crippen molar-refractivity contribution in [3.8, 4) is 0 Å². The first-order valence-corrected chi connectivity index (χ1v) is 7.73. The predicted molar refractivity (Wildman–Crippen MR) is 74.0 cm³/mol. The molecule has 2 amide bonds. The number of nitrogens with zero attached hydrogens (tertiary/aromatic N) is 1. The molecule has 1 heterocycles. The van der Waals surface area contributed by atoms with Gasteiger partial charge >= 0.3 is 0 Å². The Morgan fingerprint density at radius 2 is 2.00 bits per heavy atom. The van der Waals surface area contributed by atoms with Crippen LogP contribution in [0.2, 0.25) is 0 Å². The van der Waals surface area contributed by atoms with Gasteiger partial charge in [-0.25, -0.2) is 0 Å². The Bertz CT molecular complexity index is 413. The zero-order valence-corrected chi connectivity index (χ0v) is 12.4. The Balaban J connectivity index is 1.90. The summed E-state index contributed by atoms with van der Waals surface area (Å²) in [5.74, 6) is 0.519. The average molecular weight is 280 g/mol. The fourth-order valence-corrected chi connectivity index (χ4v) is 3.83. The third kappa shape index (κ3) is 2.12. The van der Waals surface area contributed by atoms with Crippen molar-refractivity contribution in [2.45, 2.75) is 63.1 Å². The molecule has 2 atom stereocenters. The molecule has 1 spiro atoms. The molecule has 0 aromatic heterocycles. The van der Waals surface area contributed by atoms with Crippen molar-refractivity contribution in [3.63, 3.8) is 0 Å². The molecule has 2 aliphatic carbocycles. The van der Waals surface area contributed by atoms with Crippen LogP contribution < -0.4 is 5.32 Å². The lowest BCUT2D eigenvalue weighted by atomic mass is 9.88. The summed E-state index contributed by atoms with van der Waals surface area (Å²) in [6.07, 6.45) is 5.71. The molecular formula is C15H24N2O3. The van der Waals surface area contributed by atoms with Crippen LogP contribution in [-0.4, -0.2) is 48.1 Å². The number of methoxy groups -OCH3 is 1. The van der Waals surface area contributed by atoms with E-state index in [4.69, 9.17) is 4.74 Å². The molecular weight excluding hydrogens is 256 g/mol. The van der Waals surface area contributed by atoms with Gasteiger partial charge in [0, 0.05) is 7.11 Å². The van der Waals surface area contributed by atoms with Gasteiger partial charge in [-0.3, -0.25) is 9.59 Å². The highest BCUT2D eigenvalue weighted by Crippen LogP contribution is 2.42. The number of ether oxygens (including phenoxy) is 1. The Morgan fingerprint density at radius 1 is 1.35 bits per heavy atom. The van der Waals surface area contributed by atoms with Gasteiger partial charge in [-0.2, -0.15) is 0 Å². The van der Waals surface area contributed by atoms with E-state index >= 15 is 0 Å². The van der Waals surface area contributed by atoms with Crippen molar-refractivity contribution in [2.75, 3.05) is 13.7 Å². The van der Waals surface area contributed by atoms with Gasteiger partial charge in [0.1, 0.15) is 11.6 Å². The van der Waals surface area contributed by atoms with Gasteiger partial charge in [-0.15, -0.1) is 0 Å². The van der Waals surface area contributed by atoms with E-state index in [0.717, 1.165) is 38.5 Å². The number of piperazine rings is 1. The van der Waals surface area contributed by atoms with E-state index in [1.165, 1.54) is 0 Å². The maximum atomic E-state index is 13.0. The summed E-state index contributed by atoms with van der Waals surface area (Å²) in [5, 5.41) is 3.07. The second kappa shape index (κ2) is 5.02. The normalized spacial score (nSPS) is 30.7. The number of hydrogen-bond donors (Lipinski definition) is 1. The van der Waals surface area contributed by atoms with Gasteiger partial charge in [0.05, 0.1) is 12.6 Å². The van der Waals surface area contributed by atoms with E-state index in [1.807, 2.05) is 11.8 Å². The topological polar surface area (TPSA) is 58.6 Å². The highest BCUT2D eigenvalue weighted by Gasteiger charge is 2.56. The van der Waals surface area contributed by atoms with Crippen molar-refractivity contribution in [3.05, 3.63) is 0 Å². The number of nitrogens with one attached hydrogen (secondary N) is 1. The molecule has 112 valence electrons. The van der Waals surface area contributed by atoms with Crippen molar-refractivity contribution in [2.24, 2.45) is 5.92 Å². The summed E-state index contributed by atoms with van der Waals surface area (Å²) in [6.45, 7) is 2.47. The Morgan fingerprint density at radius 3 is 2.55 bits per heavy atom. The van der Waals surface area contributed by atoms with Crippen LogP contribution in [0.1, 0.15) is 45.4 Å². The lowest BCUT2D eigenvalue weighted by Gasteiger charge is -2.47. The maximum absolute atomic E-state index is 13.0. The maximum Gasteiger partial charge on any atom is 0.249 e. The molecule has 0 radical (unpaired) electrons. The van der Waals surface area contributed by atoms with Crippen molar-refractivity contribution >= 4 is 11.8 Å². The summed E-state index contributed by atoms with van der Waals surface area (Å²) in [6, 6.07) is -0.319. The summed E-state index contributed by atoms with van der Waals surface area (Å²) in [4.78, 5) is 27.4. The third-order valence-corrected chi connectivity index (χ3v) is 4.98. The van der Waals surface area contributed by atoms with Crippen molar-refractivity contribution in [1.82, 2.24) is 10.2 Å². The second-order valence-corrected chi connectivity index (χ2v) is 6.58. The first kappa shape index (κ1) is 13.9. The number of hydrogen-bond acceptors (Lipinski definition) is 3. The van der Waals surface area contributed by atoms with E-state index in [9.17, 15) is 9.59 Å². The summed E-state index contributed by atoms with van der Waals surface area (Å²) >= 11 is 0. The quantitative estimate of drug-likeness (QED) is 0.838. The zero-order valence-electron chi connectivity index (χ0n) is 12.4. The van der Waals surface area contributed by atoms with Gasteiger partial charge < -0.3 is 15.0 Å². The molecule has 5 nitrogen and oxygen atoms in total. The fourth-order valence-electron chi connectivity index (χ4n) is 3.83. The van der Waals surface area contributed by atoms with Gasteiger partial charge in [-0.05, 0) is 38.5 Å².